The van der Waals surface area contributed by atoms with Crippen molar-refractivity contribution in [3.63, 3.8) is 0 Å². The molecule has 0 saturated heterocycles. The smallest absolute Gasteiger partial charge is 0.343 e. The molecular formula is C23H22BrNO4S. The van der Waals surface area contributed by atoms with Crippen molar-refractivity contribution in [2.24, 2.45) is 0 Å². The van der Waals surface area contributed by atoms with Gasteiger partial charge < -0.3 is 4.74 Å². The molecule has 5 nitrogen and oxygen atoms in total. The van der Waals surface area contributed by atoms with Gasteiger partial charge in [0.05, 0.1) is 11.3 Å². The monoisotopic (exact) mass is 487 g/mol. The van der Waals surface area contributed by atoms with Crippen LogP contribution in [0.2, 0.25) is 0 Å². The van der Waals surface area contributed by atoms with Crippen molar-refractivity contribution >= 4 is 31.9 Å². The molecule has 0 radical (unpaired) electrons. The Morgan fingerprint density at radius 3 is 2.10 bits per heavy atom. The Bertz CT molecular complexity index is 1070. The molecule has 7 heteroatoms. The zero-order chi connectivity index (χ0) is 21.4. The lowest BCUT2D eigenvalue weighted by molar-refractivity contribution is 0.0734. The Balaban J connectivity index is 1.53. The SMILES string of the molecule is O=C(Oc1ccc(CNS(=O)(=O)Cc2ccccc2)cc1)c1ccc(CCBr)cc1. The molecule has 0 amide bonds. The highest BCUT2D eigenvalue weighted by Crippen LogP contribution is 2.16. The number of benzene rings is 3. The number of rotatable bonds is 9. The lowest BCUT2D eigenvalue weighted by Crippen LogP contribution is -2.24. The number of nitrogens with one attached hydrogen (secondary N) is 1. The molecule has 30 heavy (non-hydrogen) atoms. The number of carbonyl (C=O) groups is 1. The Morgan fingerprint density at radius 1 is 0.833 bits per heavy atom. The van der Waals surface area contributed by atoms with Crippen molar-refractivity contribution in [1.82, 2.24) is 4.72 Å². The number of aryl methyl sites for hydroxylation is 1. The van der Waals surface area contributed by atoms with Gasteiger partial charge in [-0.15, -0.1) is 0 Å². The predicted molar refractivity (Wildman–Crippen MR) is 121 cm³/mol. The predicted octanol–water partition coefficient (Wildman–Crippen LogP) is 4.46. The first-order valence-corrected chi connectivity index (χ1v) is 12.2. The average Bonchev–Trinajstić information content (AvgIpc) is 2.74. The molecule has 0 saturated carbocycles. The number of alkyl halides is 1. The summed E-state index contributed by atoms with van der Waals surface area (Å²) in [6, 6.07) is 23.1. The van der Waals surface area contributed by atoms with E-state index in [0.29, 0.717) is 11.3 Å². The standard InChI is InChI=1S/C23H22BrNO4S/c24-15-14-18-6-10-21(11-7-18)23(26)29-22-12-8-19(9-13-22)16-25-30(27,28)17-20-4-2-1-3-5-20/h1-13,25H,14-17H2. The second kappa shape index (κ2) is 10.5. The Kier molecular flexibility index (Phi) is 7.79. The number of ether oxygens (including phenoxy) is 1. The van der Waals surface area contributed by atoms with Gasteiger partial charge in [-0.2, -0.15) is 0 Å². The lowest BCUT2D eigenvalue weighted by Gasteiger charge is -2.08. The van der Waals surface area contributed by atoms with Crippen LogP contribution in [0.1, 0.15) is 27.0 Å². The minimum absolute atomic E-state index is 0.0715. The molecule has 0 aliphatic rings. The average molecular weight is 488 g/mol. The molecule has 0 spiro atoms. The third-order valence-electron chi connectivity index (χ3n) is 4.40. The van der Waals surface area contributed by atoms with Crippen molar-refractivity contribution < 1.29 is 17.9 Å². The van der Waals surface area contributed by atoms with E-state index in [1.807, 2.05) is 30.3 Å². The Labute approximate surface area is 185 Å². The highest BCUT2D eigenvalue weighted by molar-refractivity contribution is 9.09. The van der Waals surface area contributed by atoms with Crippen LogP contribution in [0.4, 0.5) is 0 Å². The van der Waals surface area contributed by atoms with Gasteiger partial charge in [0.1, 0.15) is 5.75 Å². The summed E-state index contributed by atoms with van der Waals surface area (Å²) < 4.78 is 32.4. The molecule has 0 heterocycles. The van der Waals surface area contributed by atoms with E-state index >= 15 is 0 Å². The maximum atomic E-state index is 12.3. The van der Waals surface area contributed by atoms with Gasteiger partial charge in [-0.25, -0.2) is 17.9 Å². The highest BCUT2D eigenvalue weighted by Gasteiger charge is 2.12. The Hall–Kier alpha value is -2.48. The number of sulfonamides is 1. The van der Waals surface area contributed by atoms with Crippen LogP contribution in [0.25, 0.3) is 0 Å². The van der Waals surface area contributed by atoms with Gasteiger partial charge in [0.15, 0.2) is 0 Å². The first kappa shape index (κ1) is 22.2. The molecule has 0 aliphatic heterocycles. The maximum Gasteiger partial charge on any atom is 0.343 e. The molecule has 0 aromatic heterocycles. The number of hydrogen-bond acceptors (Lipinski definition) is 4. The van der Waals surface area contributed by atoms with Crippen LogP contribution in [0.15, 0.2) is 78.9 Å². The van der Waals surface area contributed by atoms with Crippen LogP contribution < -0.4 is 9.46 Å². The normalized spacial score (nSPS) is 11.2. The molecule has 0 bridgehead atoms. The van der Waals surface area contributed by atoms with E-state index in [4.69, 9.17) is 4.74 Å². The van der Waals surface area contributed by atoms with E-state index < -0.39 is 16.0 Å². The second-order valence-electron chi connectivity index (χ2n) is 6.74. The second-order valence-corrected chi connectivity index (χ2v) is 9.34. The number of carbonyl (C=O) groups excluding carboxylic acids is 1. The number of halogens is 1. The van der Waals surface area contributed by atoms with Crippen LogP contribution in [-0.4, -0.2) is 19.7 Å². The molecule has 0 unspecified atom stereocenters. The molecule has 1 N–H and O–H groups in total. The van der Waals surface area contributed by atoms with Crippen molar-refractivity contribution in [2.75, 3.05) is 5.33 Å². The zero-order valence-corrected chi connectivity index (χ0v) is 18.7. The van der Waals surface area contributed by atoms with E-state index in [1.165, 1.54) is 0 Å². The lowest BCUT2D eigenvalue weighted by atomic mass is 10.1. The summed E-state index contributed by atoms with van der Waals surface area (Å²) in [5.41, 5.74) is 3.12. The molecule has 0 aliphatic carbocycles. The quantitative estimate of drug-likeness (QED) is 0.274. The van der Waals surface area contributed by atoms with Gasteiger partial charge in [-0.1, -0.05) is 70.5 Å². The van der Waals surface area contributed by atoms with E-state index in [9.17, 15) is 13.2 Å². The summed E-state index contributed by atoms with van der Waals surface area (Å²) in [5.74, 6) is -0.102. The fraction of sp³-hybridized carbons (Fsp3) is 0.174. The van der Waals surface area contributed by atoms with Crippen molar-refractivity contribution in [3.8, 4) is 5.75 Å². The van der Waals surface area contributed by atoms with Gasteiger partial charge in [0, 0.05) is 11.9 Å². The van der Waals surface area contributed by atoms with E-state index in [2.05, 4.69) is 20.7 Å². The van der Waals surface area contributed by atoms with Gasteiger partial charge in [-0.3, -0.25) is 0 Å². The number of esters is 1. The first-order chi connectivity index (χ1) is 14.4. The van der Waals surface area contributed by atoms with E-state index in [-0.39, 0.29) is 12.3 Å². The zero-order valence-electron chi connectivity index (χ0n) is 16.3. The fourth-order valence-corrected chi connectivity index (χ4v) is 4.37. The summed E-state index contributed by atoms with van der Waals surface area (Å²) in [5, 5.41) is 0.867. The first-order valence-electron chi connectivity index (χ1n) is 9.42. The van der Waals surface area contributed by atoms with Crippen molar-refractivity contribution in [1.29, 1.82) is 0 Å². The van der Waals surface area contributed by atoms with Crippen LogP contribution in [0.5, 0.6) is 5.75 Å². The van der Waals surface area contributed by atoms with Crippen LogP contribution >= 0.6 is 15.9 Å². The minimum atomic E-state index is -3.44. The van der Waals surface area contributed by atoms with Crippen molar-refractivity contribution in [3.05, 3.63) is 101 Å². The topological polar surface area (TPSA) is 72.5 Å². The van der Waals surface area contributed by atoms with Crippen LogP contribution in [0, 0.1) is 0 Å². The van der Waals surface area contributed by atoms with Crippen molar-refractivity contribution in [2.45, 2.75) is 18.7 Å². The molecule has 156 valence electrons. The van der Waals surface area contributed by atoms with Crippen LogP contribution in [0.3, 0.4) is 0 Å². The van der Waals surface area contributed by atoms with Gasteiger partial charge in [-0.05, 0) is 47.4 Å². The molecular weight excluding hydrogens is 466 g/mol. The van der Waals surface area contributed by atoms with Crippen LogP contribution in [-0.2, 0) is 28.7 Å². The molecule has 0 atom stereocenters. The number of hydrogen-bond donors (Lipinski definition) is 1. The summed E-state index contributed by atoms with van der Waals surface area (Å²) >= 11 is 3.39. The fourth-order valence-electron chi connectivity index (χ4n) is 2.80. The highest BCUT2D eigenvalue weighted by atomic mass is 79.9. The summed E-state index contributed by atoms with van der Waals surface area (Å²) in [6.45, 7) is 0.165. The van der Waals surface area contributed by atoms with Gasteiger partial charge >= 0.3 is 5.97 Å². The Morgan fingerprint density at radius 2 is 1.47 bits per heavy atom. The summed E-state index contributed by atoms with van der Waals surface area (Å²) in [7, 11) is -3.44. The maximum absolute atomic E-state index is 12.3. The molecule has 3 aromatic carbocycles. The van der Waals surface area contributed by atoms with E-state index in [1.54, 1.807) is 48.5 Å². The summed E-state index contributed by atoms with van der Waals surface area (Å²) in [6.07, 6.45) is 0.895. The largest absolute Gasteiger partial charge is 0.423 e. The van der Waals surface area contributed by atoms with Gasteiger partial charge in [0.25, 0.3) is 0 Å². The molecule has 3 rings (SSSR count). The van der Waals surface area contributed by atoms with Gasteiger partial charge in [0.2, 0.25) is 10.0 Å². The molecule has 3 aromatic rings. The molecule has 0 fully saturated rings. The van der Waals surface area contributed by atoms with E-state index in [0.717, 1.165) is 28.4 Å². The summed E-state index contributed by atoms with van der Waals surface area (Å²) in [4.78, 5) is 12.3. The minimum Gasteiger partial charge on any atom is -0.423 e. The third-order valence-corrected chi connectivity index (χ3v) is 6.10. The third kappa shape index (κ3) is 6.79.